The summed E-state index contributed by atoms with van der Waals surface area (Å²) in [5, 5.41) is 24.2. The number of aliphatic hydroxyl groups excluding tert-OH is 1. The van der Waals surface area contributed by atoms with Crippen LogP contribution in [0, 0.1) is 0 Å². The lowest BCUT2D eigenvalue weighted by atomic mass is 9.92. The highest BCUT2D eigenvalue weighted by Gasteiger charge is 2.30. The van der Waals surface area contributed by atoms with E-state index in [0.29, 0.717) is 55.7 Å². The van der Waals surface area contributed by atoms with Gasteiger partial charge >= 0.3 is 0 Å². The van der Waals surface area contributed by atoms with Crippen LogP contribution in [0.25, 0.3) is 16.9 Å². The van der Waals surface area contributed by atoms with E-state index in [1.807, 2.05) is 53.0 Å². The molecular formula is C33H39FN6O5. The molecular weight excluding hydrogens is 579 g/mol. The minimum atomic E-state index is -1.49. The third-order valence-corrected chi connectivity index (χ3v) is 8.57. The van der Waals surface area contributed by atoms with Crippen LogP contribution in [0.1, 0.15) is 74.4 Å². The molecule has 3 heterocycles. The minimum absolute atomic E-state index is 0.0537. The molecule has 1 fully saturated rings. The number of hydrogen-bond donors (Lipinski definition) is 3. The Hall–Kier alpha value is -3.97. The number of aryl methyl sites for hydroxylation is 1. The van der Waals surface area contributed by atoms with Gasteiger partial charge in [0.25, 0.3) is 12.0 Å². The average molecular weight is 619 g/mol. The summed E-state index contributed by atoms with van der Waals surface area (Å²) in [4.78, 5) is 27.9. The second-order valence-electron chi connectivity index (χ2n) is 12.1. The zero-order valence-electron chi connectivity index (χ0n) is 25.5. The van der Waals surface area contributed by atoms with Gasteiger partial charge in [0.1, 0.15) is 18.6 Å². The number of ether oxygens (including phenoxy) is 1. The van der Waals surface area contributed by atoms with Crippen LogP contribution in [-0.4, -0.2) is 66.6 Å². The Morgan fingerprint density at radius 1 is 1.11 bits per heavy atom. The third kappa shape index (κ3) is 6.55. The summed E-state index contributed by atoms with van der Waals surface area (Å²) in [6.45, 7) is 2.59. The topological polar surface area (TPSA) is 136 Å². The highest BCUT2D eigenvalue weighted by atomic mass is 19.1. The molecule has 11 nitrogen and oxygen atoms in total. The van der Waals surface area contributed by atoms with Crippen molar-refractivity contribution < 1.29 is 24.2 Å². The van der Waals surface area contributed by atoms with Crippen LogP contribution < -0.4 is 11.0 Å². The number of aliphatic imine (C=N–C) groups is 1. The van der Waals surface area contributed by atoms with E-state index in [1.165, 1.54) is 13.3 Å². The van der Waals surface area contributed by atoms with E-state index in [-0.39, 0.29) is 24.3 Å². The van der Waals surface area contributed by atoms with Crippen molar-refractivity contribution in [2.75, 3.05) is 13.3 Å². The van der Waals surface area contributed by atoms with E-state index in [9.17, 15) is 19.4 Å². The zero-order chi connectivity index (χ0) is 31.6. The van der Waals surface area contributed by atoms with Crippen molar-refractivity contribution in [3.8, 4) is 11.1 Å². The fraction of sp³-hybridized carbons (Fsp3) is 0.455. The van der Waals surface area contributed by atoms with Gasteiger partial charge in [-0.3, -0.25) is 9.36 Å². The molecule has 2 atom stereocenters. The van der Waals surface area contributed by atoms with Crippen LogP contribution in [-0.2, 0) is 22.4 Å². The Kier molecular flexibility index (Phi) is 9.09. The van der Waals surface area contributed by atoms with Crippen LogP contribution in [0.2, 0.25) is 0 Å². The molecule has 1 aliphatic carbocycles. The number of alkyl halides is 1. The van der Waals surface area contributed by atoms with Gasteiger partial charge in [0.15, 0.2) is 5.84 Å². The predicted molar refractivity (Wildman–Crippen MR) is 167 cm³/mol. The molecule has 45 heavy (non-hydrogen) atoms. The average Bonchev–Trinajstić information content (AvgIpc) is 3.72. The van der Waals surface area contributed by atoms with E-state index < -0.39 is 18.7 Å². The molecule has 2 unspecified atom stereocenters. The number of nitrogens with zero attached hydrogens (tertiary/aromatic N) is 5. The first-order valence-electron chi connectivity index (χ1n) is 15.5. The van der Waals surface area contributed by atoms with Gasteiger partial charge in [0, 0.05) is 23.6 Å². The molecule has 0 radical (unpaired) electrons. The number of halogens is 1. The molecule has 0 bridgehead atoms. The van der Waals surface area contributed by atoms with Gasteiger partial charge in [0.2, 0.25) is 5.78 Å². The molecule has 0 saturated heterocycles. The lowest BCUT2D eigenvalue weighted by molar-refractivity contribution is -0.102. The van der Waals surface area contributed by atoms with Crippen LogP contribution >= 0.6 is 0 Å². The molecule has 3 N–H and O–H groups in total. The van der Waals surface area contributed by atoms with E-state index in [0.717, 1.165) is 34.4 Å². The van der Waals surface area contributed by atoms with Gasteiger partial charge in [-0.2, -0.15) is 10.1 Å². The SMILES string of the molecule is CCCc1c(Cc2ccc(-c3ccccc3C3=NC(O)ON3)cc2)c(=O)n(C2CCC(OCC(C)(O)CF)CC2)c2ncnn12. The third-order valence-electron chi connectivity index (χ3n) is 8.57. The number of hydroxylamine groups is 1. The van der Waals surface area contributed by atoms with Gasteiger partial charge in [-0.05, 0) is 55.7 Å². The molecule has 1 saturated carbocycles. The lowest BCUT2D eigenvalue weighted by Gasteiger charge is -2.32. The summed E-state index contributed by atoms with van der Waals surface area (Å²) < 4.78 is 22.5. The Morgan fingerprint density at radius 2 is 1.84 bits per heavy atom. The summed E-state index contributed by atoms with van der Waals surface area (Å²) in [7, 11) is 0. The van der Waals surface area contributed by atoms with Crippen LogP contribution in [0.15, 0.2) is 64.6 Å². The summed E-state index contributed by atoms with van der Waals surface area (Å²) in [6.07, 6.45) is 4.94. The highest BCUT2D eigenvalue weighted by molar-refractivity contribution is 6.04. The largest absolute Gasteiger partial charge is 0.385 e. The fourth-order valence-corrected chi connectivity index (χ4v) is 6.23. The minimum Gasteiger partial charge on any atom is -0.385 e. The summed E-state index contributed by atoms with van der Waals surface area (Å²) >= 11 is 0. The van der Waals surface area contributed by atoms with Gasteiger partial charge in [-0.25, -0.2) is 24.2 Å². The quantitative estimate of drug-likeness (QED) is 0.231. The van der Waals surface area contributed by atoms with Gasteiger partial charge < -0.3 is 14.9 Å². The maximum atomic E-state index is 14.3. The molecule has 0 amide bonds. The molecule has 2 aliphatic rings. The molecule has 12 heteroatoms. The monoisotopic (exact) mass is 618 g/mol. The molecule has 2 aromatic carbocycles. The van der Waals surface area contributed by atoms with E-state index in [4.69, 9.17) is 9.57 Å². The number of hydrogen-bond acceptors (Lipinski definition) is 9. The first kappa shape index (κ1) is 31.0. The summed E-state index contributed by atoms with van der Waals surface area (Å²) in [6, 6.07) is 15.8. The number of fused-ring (bicyclic) bond motifs is 1. The molecule has 238 valence electrons. The van der Waals surface area contributed by atoms with Crippen molar-refractivity contribution in [3.63, 3.8) is 0 Å². The second kappa shape index (κ2) is 13.2. The van der Waals surface area contributed by atoms with Crippen LogP contribution in [0.5, 0.6) is 0 Å². The highest BCUT2D eigenvalue weighted by Crippen LogP contribution is 2.32. The van der Waals surface area contributed by atoms with Gasteiger partial charge in [-0.1, -0.05) is 61.9 Å². The number of aliphatic hydroxyl groups is 2. The maximum Gasteiger partial charge on any atom is 0.280 e. The molecule has 2 aromatic heterocycles. The number of amidine groups is 1. The first-order valence-corrected chi connectivity index (χ1v) is 15.5. The fourth-order valence-electron chi connectivity index (χ4n) is 6.23. The Bertz CT molecular complexity index is 1730. The lowest BCUT2D eigenvalue weighted by Crippen LogP contribution is -2.38. The van der Waals surface area contributed by atoms with Crippen LogP contribution in [0.3, 0.4) is 0 Å². The van der Waals surface area contributed by atoms with E-state index in [1.54, 1.807) is 4.57 Å². The number of nitrogens with one attached hydrogen (secondary N) is 1. The Morgan fingerprint density at radius 3 is 2.51 bits per heavy atom. The van der Waals surface area contributed by atoms with E-state index in [2.05, 4.69) is 27.5 Å². The number of rotatable bonds is 11. The smallest absolute Gasteiger partial charge is 0.280 e. The standard InChI is InChI=1S/C33H39FN6O5/c1-3-6-28-27(17-21-9-11-22(12-10-21)25-7-4-5-8-26(25)29-37-32(42)45-38-29)30(41)39(31-35-20-36-40(28)31)23-13-15-24(16-14-23)44-19-33(2,43)18-34/h4-5,7-12,20,23-24,32,42-43H,3,6,13-19H2,1-2H3,(H,37,38). The van der Waals surface area contributed by atoms with Crippen molar-refractivity contribution >= 4 is 11.6 Å². The maximum absolute atomic E-state index is 14.3. The Labute approximate surface area is 260 Å². The van der Waals surface area contributed by atoms with Gasteiger partial charge in [0.05, 0.1) is 18.4 Å². The second-order valence-corrected chi connectivity index (χ2v) is 12.1. The van der Waals surface area contributed by atoms with Crippen molar-refractivity contribution in [2.45, 2.75) is 83.0 Å². The van der Waals surface area contributed by atoms with Crippen LogP contribution in [0.4, 0.5) is 4.39 Å². The summed E-state index contributed by atoms with van der Waals surface area (Å²) in [5.41, 5.74) is 6.40. The number of benzene rings is 2. The van der Waals surface area contributed by atoms with Crippen molar-refractivity contribution in [3.05, 3.63) is 87.6 Å². The molecule has 6 rings (SSSR count). The van der Waals surface area contributed by atoms with Gasteiger partial charge in [-0.15, -0.1) is 0 Å². The van der Waals surface area contributed by atoms with Crippen molar-refractivity contribution in [1.82, 2.24) is 24.6 Å². The van der Waals surface area contributed by atoms with Crippen molar-refractivity contribution in [2.24, 2.45) is 4.99 Å². The molecule has 4 aromatic rings. The molecule has 1 aliphatic heterocycles. The zero-order valence-corrected chi connectivity index (χ0v) is 25.5. The summed E-state index contributed by atoms with van der Waals surface area (Å²) in [5.74, 6) is 1.00. The Balaban J connectivity index is 1.28. The predicted octanol–water partition coefficient (Wildman–Crippen LogP) is 3.88. The normalized spacial score (nSPS) is 21.4. The number of aromatic nitrogens is 4. The van der Waals surface area contributed by atoms with E-state index >= 15 is 0 Å². The first-order chi connectivity index (χ1) is 21.8. The van der Waals surface area contributed by atoms with Crippen molar-refractivity contribution in [1.29, 1.82) is 0 Å². The molecule has 0 spiro atoms.